The molecule has 6 heterocycles. The molecule has 7 aliphatic rings. The van der Waals surface area contributed by atoms with Crippen LogP contribution >= 0.6 is 0 Å². The van der Waals surface area contributed by atoms with Crippen molar-refractivity contribution in [2.24, 2.45) is 23.7 Å². The highest BCUT2D eigenvalue weighted by Crippen LogP contribution is 2.47. The Morgan fingerprint density at radius 3 is 2.32 bits per heavy atom. The number of rotatable bonds is 8. The van der Waals surface area contributed by atoms with Gasteiger partial charge in [0.1, 0.15) is 42.0 Å². The van der Waals surface area contributed by atoms with Gasteiger partial charge in [0, 0.05) is 51.7 Å². The minimum Gasteiger partial charge on any atom is -0.462 e. The van der Waals surface area contributed by atoms with Crippen molar-refractivity contribution < 1.29 is 67.5 Å². The van der Waals surface area contributed by atoms with Gasteiger partial charge in [0.2, 0.25) is 0 Å². The number of esters is 1. The second kappa shape index (κ2) is 19.7. The quantitative estimate of drug-likeness (QED) is 0.210. The smallest absolute Gasteiger partial charge is 0.316 e. The number of aliphatic hydroxyl groups is 3. The maximum Gasteiger partial charge on any atom is 0.316 e. The third-order valence-electron chi connectivity index (χ3n) is 14.5. The first kappa shape index (κ1) is 47.6. The lowest BCUT2D eigenvalue weighted by atomic mass is 9.71. The monoisotopic (exact) mass is 872 g/mol. The summed E-state index contributed by atoms with van der Waals surface area (Å²) in [5, 5.41) is 34.2. The summed E-state index contributed by atoms with van der Waals surface area (Å²) in [7, 11) is 3.22. The molecule has 2 bridgehead atoms. The minimum atomic E-state index is -1.84. The second-order valence-corrected chi connectivity index (χ2v) is 19.0. The summed E-state index contributed by atoms with van der Waals surface area (Å²) in [4.78, 5) is 14.3. The van der Waals surface area contributed by atoms with E-state index in [1.807, 2.05) is 32.1 Å². The molecule has 0 aromatic heterocycles. The summed E-state index contributed by atoms with van der Waals surface area (Å²) in [6.07, 6.45) is 8.55. The molecule has 1 spiro atoms. The van der Waals surface area contributed by atoms with Crippen molar-refractivity contribution in [2.75, 3.05) is 20.8 Å². The zero-order valence-corrected chi connectivity index (χ0v) is 38.2. The van der Waals surface area contributed by atoms with Crippen molar-refractivity contribution >= 4 is 5.97 Å². The summed E-state index contributed by atoms with van der Waals surface area (Å²) in [6.45, 7) is 16.1. The van der Waals surface area contributed by atoms with Crippen molar-refractivity contribution in [2.45, 2.75) is 191 Å². The van der Waals surface area contributed by atoms with Gasteiger partial charge in [-0.3, -0.25) is 4.79 Å². The van der Waals surface area contributed by atoms with Gasteiger partial charge in [-0.25, -0.2) is 0 Å². The van der Waals surface area contributed by atoms with Crippen LogP contribution in [0.3, 0.4) is 0 Å². The lowest BCUT2D eigenvalue weighted by Crippen LogP contribution is -2.58. The predicted octanol–water partition coefficient (Wildman–Crippen LogP) is 5.38. The van der Waals surface area contributed by atoms with Crippen LogP contribution in [-0.2, 0) is 52.2 Å². The van der Waals surface area contributed by atoms with Gasteiger partial charge in [0.25, 0.3) is 0 Å². The van der Waals surface area contributed by atoms with E-state index in [0.717, 1.165) is 12.0 Å². The molecule has 20 atom stereocenters. The number of hydrogen-bond acceptors (Lipinski definition) is 14. The van der Waals surface area contributed by atoms with Crippen molar-refractivity contribution in [3.8, 4) is 0 Å². The highest BCUT2D eigenvalue weighted by atomic mass is 16.7. The van der Waals surface area contributed by atoms with Gasteiger partial charge in [-0.1, -0.05) is 70.6 Å². The van der Waals surface area contributed by atoms with Crippen LogP contribution in [0, 0.1) is 23.7 Å². The fourth-order valence-corrected chi connectivity index (χ4v) is 10.6. The van der Waals surface area contributed by atoms with Gasteiger partial charge in [0.15, 0.2) is 18.4 Å². The number of methoxy groups -OCH3 is 2. The normalized spacial score (nSPS) is 49.1. The first-order chi connectivity index (χ1) is 29.5. The fourth-order valence-electron chi connectivity index (χ4n) is 10.6. The van der Waals surface area contributed by atoms with E-state index in [1.54, 1.807) is 40.2 Å². The molecular formula is C48H72O14. The lowest BCUT2D eigenvalue weighted by Gasteiger charge is -2.48. The van der Waals surface area contributed by atoms with E-state index in [4.69, 9.17) is 47.4 Å². The molecule has 348 valence electrons. The van der Waals surface area contributed by atoms with Gasteiger partial charge in [-0.15, -0.1) is 0 Å². The molecule has 14 nitrogen and oxygen atoms in total. The Morgan fingerprint density at radius 2 is 1.60 bits per heavy atom. The number of ether oxygens (including phenoxy) is 10. The Hall–Kier alpha value is -2.31. The van der Waals surface area contributed by atoms with E-state index in [0.29, 0.717) is 43.3 Å². The molecule has 0 unspecified atom stereocenters. The van der Waals surface area contributed by atoms with Crippen LogP contribution in [0.25, 0.3) is 0 Å². The van der Waals surface area contributed by atoms with Crippen LogP contribution < -0.4 is 0 Å². The van der Waals surface area contributed by atoms with Crippen LogP contribution in [0.2, 0.25) is 0 Å². The second-order valence-electron chi connectivity index (χ2n) is 19.0. The molecule has 0 radical (unpaired) electrons. The Balaban J connectivity index is 1.18. The molecular weight excluding hydrogens is 801 g/mol. The Kier molecular flexibility index (Phi) is 15.1. The third-order valence-corrected chi connectivity index (χ3v) is 14.5. The minimum absolute atomic E-state index is 0.0317. The van der Waals surface area contributed by atoms with E-state index < -0.39 is 90.8 Å². The molecule has 0 amide bonds. The van der Waals surface area contributed by atoms with E-state index in [1.165, 1.54) is 0 Å². The Labute approximate surface area is 367 Å². The first-order valence-electron chi connectivity index (χ1n) is 22.9. The van der Waals surface area contributed by atoms with Crippen LogP contribution in [0.15, 0.2) is 59.3 Å². The molecule has 4 saturated heterocycles. The number of carbonyl (C=O) groups excluding carboxylic acids is 1. The van der Waals surface area contributed by atoms with Gasteiger partial charge in [0.05, 0.1) is 49.3 Å². The molecule has 0 aromatic carbocycles. The fraction of sp³-hybridized carbons (Fsp3) is 0.771. The zero-order chi connectivity index (χ0) is 44.7. The van der Waals surface area contributed by atoms with Crippen LogP contribution in [0.5, 0.6) is 0 Å². The molecule has 6 aliphatic heterocycles. The Bertz CT molecular complexity index is 1730. The highest BCUT2D eigenvalue weighted by molar-refractivity contribution is 5.78. The van der Waals surface area contributed by atoms with E-state index >= 15 is 0 Å². The molecule has 7 rings (SSSR count). The largest absolute Gasteiger partial charge is 0.462 e. The van der Waals surface area contributed by atoms with Gasteiger partial charge in [-0.05, 0) is 62.8 Å². The number of fused-ring (bicyclic) bond motifs is 2. The van der Waals surface area contributed by atoms with E-state index in [9.17, 15) is 20.1 Å². The maximum atomic E-state index is 14.3. The van der Waals surface area contributed by atoms with Crippen molar-refractivity contribution in [3.05, 3.63) is 59.3 Å². The molecule has 0 aromatic rings. The molecule has 4 fully saturated rings. The van der Waals surface area contributed by atoms with Crippen molar-refractivity contribution in [1.29, 1.82) is 0 Å². The maximum absolute atomic E-state index is 14.3. The number of allylic oxidation sites excluding steroid dienone is 2. The summed E-state index contributed by atoms with van der Waals surface area (Å²) >= 11 is 0. The summed E-state index contributed by atoms with van der Waals surface area (Å²) in [5.74, 6) is -2.56. The molecule has 62 heavy (non-hydrogen) atoms. The van der Waals surface area contributed by atoms with E-state index in [2.05, 4.69) is 39.8 Å². The standard InChI is InChI=1S/C48H72O14/c1-11-25(2)43-28(5)17-18-47(62-43)23-34-20-33(61-47)16-15-27(4)42(26(3)13-12-14-32-24-55-45-40(49)29(6)19-35(46(51)58-34)48(32,45)52)59-39-22-37(54-10)44(31(8)57-39)60-38-21-36(53-9)41(50)30(7)56-38/h12-15,17-19,25-26,28,30-31,33-45,49-50,52H,11,16,20-24H2,1-10H3/b13-12+,27-15+,32-14-/t25-,26+,28+,30-,31-,33-,34+,35+,36-,37-,38+,39+,40-,41-,42-,43-,44-,45+,47+,48-/m1/s1. The summed E-state index contributed by atoms with van der Waals surface area (Å²) < 4.78 is 63.7. The zero-order valence-electron chi connectivity index (χ0n) is 38.2. The highest BCUT2D eigenvalue weighted by Gasteiger charge is 2.60. The lowest BCUT2D eigenvalue weighted by molar-refractivity contribution is -0.318. The van der Waals surface area contributed by atoms with Gasteiger partial charge in [-0.2, -0.15) is 0 Å². The first-order valence-corrected chi connectivity index (χ1v) is 22.9. The molecule has 3 N–H and O–H groups in total. The SMILES string of the molecule is CC[C@@H](C)[C@H]1O[C@@]2(C=C[C@@H]1C)C[C@@H]1C[C@@H](C/C=C(\C)[C@H](O[C@H]3C[C@@H](OC)[C@H](O[C@H]4C[C@@H](OC)[C@H](O)[C@@H](C)O4)[C@@H](C)O3)[C@@H](C)/C=C/C=C3/CO[C@H]4[C@H](O)C(C)=C[C@@H](C(=O)O1)[C@]34O)O2. The van der Waals surface area contributed by atoms with E-state index in [-0.39, 0.29) is 42.7 Å². The Morgan fingerprint density at radius 1 is 0.887 bits per heavy atom. The molecule has 0 saturated carbocycles. The molecule has 1 aliphatic carbocycles. The van der Waals surface area contributed by atoms with Crippen molar-refractivity contribution in [1.82, 2.24) is 0 Å². The number of carbonyl (C=O) groups is 1. The molecule has 14 heteroatoms. The summed E-state index contributed by atoms with van der Waals surface area (Å²) in [6, 6.07) is 0. The average molecular weight is 873 g/mol. The topological polar surface area (TPSA) is 170 Å². The van der Waals surface area contributed by atoms with Crippen LogP contribution in [0.4, 0.5) is 0 Å². The van der Waals surface area contributed by atoms with Crippen LogP contribution in [0.1, 0.15) is 93.9 Å². The van der Waals surface area contributed by atoms with Gasteiger partial charge < -0.3 is 62.7 Å². The van der Waals surface area contributed by atoms with Crippen LogP contribution in [-0.4, -0.2) is 139 Å². The third kappa shape index (κ3) is 9.64. The number of hydrogen-bond donors (Lipinski definition) is 3. The summed E-state index contributed by atoms with van der Waals surface area (Å²) in [5.41, 5.74) is 0.134. The van der Waals surface area contributed by atoms with Crippen molar-refractivity contribution in [3.63, 3.8) is 0 Å². The van der Waals surface area contributed by atoms with Gasteiger partial charge >= 0.3 is 5.97 Å². The predicted molar refractivity (Wildman–Crippen MR) is 227 cm³/mol. The number of aliphatic hydroxyl groups excluding tert-OH is 2. The average Bonchev–Trinajstić information content (AvgIpc) is 3.58.